The SMILES string of the molecule is C=CC/C=C\C/C=C\CCCCC(CC)O[C@@H]1O[C@H](CO)[C@@H](O)[C@H](O)[C@H]1O. The molecule has 6 atom stereocenters. The van der Waals surface area contributed by atoms with Crippen LogP contribution in [0.15, 0.2) is 37.0 Å². The molecule has 1 heterocycles. The van der Waals surface area contributed by atoms with E-state index in [9.17, 15) is 20.4 Å². The Morgan fingerprint density at radius 2 is 1.70 bits per heavy atom. The third-order valence-electron chi connectivity index (χ3n) is 4.69. The number of rotatable bonds is 13. The van der Waals surface area contributed by atoms with Gasteiger partial charge in [0.25, 0.3) is 0 Å². The van der Waals surface area contributed by atoms with Crippen LogP contribution in [0.3, 0.4) is 0 Å². The second-order valence-electron chi connectivity index (χ2n) is 6.85. The third-order valence-corrected chi connectivity index (χ3v) is 4.69. The van der Waals surface area contributed by atoms with Crippen LogP contribution in [0.1, 0.15) is 51.9 Å². The van der Waals surface area contributed by atoms with Gasteiger partial charge in [-0.2, -0.15) is 0 Å². The third kappa shape index (κ3) is 8.68. The molecule has 6 heteroatoms. The molecule has 1 fully saturated rings. The number of aliphatic hydroxyl groups is 4. The molecule has 0 radical (unpaired) electrons. The zero-order chi connectivity index (χ0) is 20.1. The number of allylic oxidation sites excluding steroid dienone is 5. The summed E-state index contributed by atoms with van der Waals surface area (Å²) in [5.74, 6) is 0. The molecule has 156 valence electrons. The Kier molecular flexibility index (Phi) is 12.5. The van der Waals surface area contributed by atoms with E-state index < -0.39 is 37.3 Å². The van der Waals surface area contributed by atoms with E-state index in [0.29, 0.717) is 0 Å². The predicted octanol–water partition coefficient (Wildman–Crippen LogP) is 2.22. The van der Waals surface area contributed by atoms with Crippen molar-refractivity contribution in [3.8, 4) is 0 Å². The molecule has 0 aliphatic carbocycles. The first kappa shape index (κ1) is 24.0. The van der Waals surface area contributed by atoms with Crippen molar-refractivity contribution in [2.24, 2.45) is 0 Å². The summed E-state index contributed by atoms with van der Waals surface area (Å²) in [5.41, 5.74) is 0. The van der Waals surface area contributed by atoms with Gasteiger partial charge in [0.15, 0.2) is 6.29 Å². The van der Waals surface area contributed by atoms with Gasteiger partial charge in [-0.25, -0.2) is 0 Å². The molecular formula is C21H36O6. The van der Waals surface area contributed by atoms with Crippen molar-refractivity contribution in [2.75, 3.05) is 6.61 Å². The Morgan fingerprint density at radius 3 is 2.37 bits per heavy atom. The average molecular weight is 385 g/mol. The fourth-order valence-electron chi connectivity index (χ4n) is 2.95. The van der Waals surface area contributed by atoms with Crippen LogP contribution >= 0.6 is 0 Å². The van der Waals surface area contributed by atoms with Crippen LogP contribution in [0.25, 0.3) is 0 Å². The van der Waals surface area contributed by atoms with E-state index in [1.54, 1.807) is 0 Å². The molecule has 0 spiro atoms. The lowest BCUT2D eigenvalue weighted by atomic mass is 9.99. The fraction of sp³-hybridized carbons (Fsp3) is 0.714. The highest BCUT2D eigenvalue weighted by molar-refractivity contribution is 4.95. The number of aliphatic hydroxyl groups excluding tert-OH is 4. The summed E-state index contributed by atoms with van der Waals surface area (Å²) in [6.07, 6.45) is 10.7. The van der Waals surface area contributed by atoms with Gasteiger partial charge in [-0.3, -0.25) is 0 Å². The van der Waals surface area contributed by atoms with Gasteiger partial charge in [-0.15, -0.1) is 6.58 Å². The second-order valence-corrected chi connectivity index (χ2v) is 6.85. The second kappa shape index (κ2) is 14.0. The maximum absolute atomic E-state index is 10.0. The molecule has 6 nitrogen and oxygen atoms in total. The van der Waals surface area contributed by atoms with Crippen molar-refractivity contribution in [3.05, 3.63) is 37.0 Å². The van der Waals surface area contributed by atoms with Gasteiger partial charge in [0.05, 0.1) is 12.7 Å². The van der Waals surface area contributed by atoms with Gasteiger partial charge in [-0.1, -0.05) is 43.7 Å². The number of hydrogen-bond acceptors (Lipinski definition) is 6. The normalized spacial score (nSPS) is 30.2. The molecule has 4 N–H and O–H groups in total. The summed E-state index contributed by atoms with van der Waals surface area (Å²) in [5, 5.41) is 38.9. The van der Waals surface area contributed by atoms with Crippen molar-refractivity contribution >= 4 is 0 Å². The van der Waals surface area contributed by atoms with Gasteiger partial charge < -0.3 is 29.9 Å². The van der Waals surface area contributed by atoms with Crippen LogP contribution in [0.2, 0.25) is 0 Å². The van der Waals surface area contributed by atoms with Crippen molar-refractivity contribution in [1.82, 2.24) is 0 Å². The van der Waals surface area contributed by atoms with E-state index in [1.165, 1.54) is 0 Å². The van der Waals surface area contributed by atoms with Crippen molar-refractivity contribution in [3.63, 3.8) is 0 Å². The Labute approximate surface area is 162 Å². The van der Waals surface area contributed by atoms with Crippen molar-refractivity contribution in [1.29, 1.82) is 0 Å². The first-order valence-corrected chi connectivity index (χ1v) is 9.91. The topological polar surface area (TPSA) is 99.4 Å². The van der Waals surface area contributed by atoms with Gasteiger partial charge in [0.2, 0.25) is 0 Å². The Morgan fingerprint density at radius 1 is 1.00 bits per heavy atom. The molecule has 0 aromatic rings. The van der Waals surface area contributed by atoms with Gasteiger partial charge >= 0.3 is 0 Å². The minimum Gasteiger partial charge on any atom is -0.394 e. The molecule has 1 aliphatic heterocycles. The summed E-state index contributed by atoms with van der Waals surface area (Å²) in [7, 11) is 0. The van der Waals surface area contributed by atoms with E-state index in [1.807, 2.05) is 13.0 Å². The highest BCUT2D eigenvalue weighted by atomic mass is 16.7. The largest absolute Gasteiger partial charge is 0.394 e. The fourth-order valence-corrected chi connectivity index (χ4v) is 2.95. The van der Waals surface area contributed by atoms with Crippen molar-refractivity contribution in [2.45, 2.75) is 88.7 Å². The van der Waals surface area contributed by atoms with E-state index in [-0.39, 0.29) is 6.10 Å². The van der Waals surface area contributed by atoms with Crippen LogP contribution in [-0.4, -0.2) is 63.8 Å². The Balaban J connectivity index is 2.29. The average Bonchev–Trinajstić information content (AvgIpc) is 2.68. The van der Waals surface area contributed by atoms with Crippen LogP contribution in [0, 0.1) is 0 Å². The molecule has 1 rings (SSSR count). The minimum atomic E-state index is -1.40. The van der Waals surface area contributed by atoms with Crippen LogP contribution < -0.4 is 0 Å². The number of ether oxygens (including phenoxy) is 2. The number of unbranched alkanes of at least 4 members (excludes halogenated alkanes) is 2. The molecule has 1 aliphatic rings. The number of hydrogen-bond donors (Lipinski definition) is 4. The minimum absolute atomic E-state index is 0.114. The quantitative estimate of drug-likeness (QED) is 0.287. The molecule has 1 unspecified atom stereocenters. The molecule has 27 heavy (non-hydrogen) atoms. The zero-order valence-corrected chi connectivity index (χ0v) is 16.3. The van der Waals surface area contributed by atoms with Gasteiger partial charge in [0.1, 0.15) is 24.4 Å². The van der Waals surface area contributed by atoms with Crippen molar-refractivity contribution < 1.29 is 29.9 Å². The molecule has 0 bridgehead atoms. The maximum atomic E-state index is 10.0. The highest BCUT2D eigenvalue weighted by Gasteiger charge is 2.44. The predicted molar refractivity (Wildman–Crippen MR) is 105 cm³/mol. The van der Waals surface area contributed by atoms with E-state index in [0.717, 1.165) is 44.9 Å². The lowest BCUT2D eigenvalue weighted by molar-refractivity contribution is -0.311. The standard InChI is InChI=1S/C21H36O6/c1-3-5-6-7-8-9-10-11-12-13-14-16(4-2)26-21-20(25)19(24)18(23)17(15-22)27-21/h3,6-7,9-10,16-25H,1,4-5,8,11-15H2,2H3/b7-6-,10-9-/t16?,17-,18-,19+,20-,21-/m1/s1. The lowest BCUT2D eigenvalue weighted by Crippen LogP contribution is -2.59. The molecule has 0 saturated carbocycles. The molecule has 0 aromatic carbocycles. The van der Waals surface area contributed by atoms with Gasteiger partial charge in [0, 0.05) is 0 Å². The molecule has 1 saturated heterocycles. The van der Waals surface area contributed by atoms with Crippen LogP contribution in [0.4, 0.5) is 0 Å². The summed E-state index contributed by atoms with van der Waals surface area (Å²) in [6.45, 7) is 5.21. The van der Waals surface area contributed by atoms with E-state index in [4.69, 9.17) is 9.47 Å². The summed E-state index contributed by atoms with van der Waals surface area (Å²) < 4.78 is 11.2. The first-order valence-electron chi connectivity index (χ1n) is 9.91. The Hall–Kier alpha value is -1.02. The van der Waals surface area contributed by atoms with Crippen LogP contribution in [-0.2, 0) is 9.47 Å². The Bertz CT molecular complexity index is 448. The highest BCUT2D eigenvalue weighted by Crippen LogP contribution is 2.24. The smallest absolute Gasteiger partial charge is 0.186 e. The molecular weight excluding hydrogens is 348 g/mol. The zero-order valence-electron chi connectivity index (χ0n) is 16.3. The summed E-state index contributed by atoms with van der Waals surface area (Å²) >= 11 is 0. The molecule has 0 aromatic heterocycles. The summed E-state index contributed by atoms with van der Waals surface area (Å²) in [4.78, 5) is 0. The lowest BCUT2D eigenvalue weighted by Gasteiger charge is -2.40. The van der Waals surface area contributed by atoms with E-state index >= 15 is 0 Å². The summed E-state index contributed by atoms with van der Waals surface area (Å²) in [6, 6.07) is 0. The van der Waals surface area contributed by atoms with E-state index in [2.05, 4.69) is 30.9 Å². The van der Waals surface area contributed by atoms with Crippen LogP contribution in [0.5, 0.6) is 0 Å². The molecule has 0 amide bonds. The monoisotopic (exact) mass is 384 g/mol. The first-order chi connectivity index (χ1) is 13.0. The van der Waals surface area contributed by atoms with Gasteiger partial charge in [-0.05, 0) is 38.5 Å². The maximum Gasteiger partial charge on any atom is 0.186 e.